The molecule has 0 aromatic carbocycles. The Kier molecular flexibility index (Phi) is 6.04. The summed E-state index contributed by atoms with van der Waals surface area (Å²) < 4.78 is 31.9. The molecule has 1 atom stereocenters. The maximum absolute atomic E-state index is 11.3. The highest BCUT2D eigenvalue weighted by Crippen LogP contribution is 2.08. The van der Waals surface area contributed by atoms with Gasteiger partial charge in [0.15, 0.2) is 6.10 Å². The number of nitrogens with zero attached hydrogens (tertiary/aromatic N) is 1. The van der Waals surface area contributed by atoms with Gasteiger partial charge >= 0.3 is 5.97 Å². The summed E-state index contributed by atoms with van der Waals surface area (Å²) in [6.45, 7) is 2.58. The van der Waals surface area contributed by atoms with E-state index >= 15 is 0 Å². The number of hydrogen-bond acceptors (Lipinski definition) is 6. The van der Waals surface area contributed by atoms with Gasteiger partial charge in [-0.2, -0.15) is 0 Å². The Morgan fingerprint density at radius 2 is 2.17 bits per heavy atom. The SMILES string of the molecule is COC(=O)C1CN(CCCCS(C)(=O)=O)CCO1. The number of carbonyl (C=O) groups excluding carboxylic acids is 1. The first-order chi connectivity index (χ1) is 8.42. The zero-order chi connectivity index (χ0) is 13.6. The number of ether oxygens (including phenoxy) is 2. The van der Waals surface area contributed by atoms with E-state index in [1.807, 2.05) is 0 Å². The van der Waals surface area contributed by atoms with Crippen LogP contribution in [0.1, 0.15) is 12.8 Å². The molecule has 1 aliphatic heterocycles. The molecule has 0 aromatic heterocycles. The van der Waals surface area contributed by atoms with Crippen LogP contribution >= 0.6 is 0 Å². The molecular formula is C11H21NO5S. The molecule has 1 aliphatic rings. The smallest absolute Gasteiger partial charge is 0.336 e. The van der Waals surface area contributed by atoms with Crippen LogP contribution in [0.2, 0.25) is 0 Å². The predicted octanol–water partition coefficient (Wildman–Crippen LogP) is -0.315. The number of sulfone groups is 1. The van der Waals surface area contributed by atoms with Gasteiger partial charge in [-0.25, -0.2) is 13.2 Å². The largest absolute Gasteiger partial charge is 0.467 e. The first-order valence-corrected chi connectivity index (χ1v) is 8.08. The second-order valence-electron chi connectivity index (χ2n) is 4.52. The standard InChI is InChI=1S/C11H21NO5S/c1-16-11(13)10-9-12(6-7-17-10)5-3-4-8-18(2,14)15/h10H,3-9H2,1-2H3. The molecule has 0 aliphatic carbocycles. The highest BCUT2D eigenvalue weighted by Gasteiger charge is 2.26. The quantitative estimate of drug-likeness (QED) is 0.490. The number of morpholine rings is 1. The number of unbranched alkanes of at least 4 members (excludes halogenated alkanes) is 1. The summed E-state index contributed by atoms with van der Waals surface area (Å²) in [4.78, 5) is 13.4. The average Bonchev–Trinajstić information content (AvgIpc) is 2.33. The van der Waals surface area contributed by atoms with E-state index in [4.69, 9.17) is 4.74 Å². The van der Waals surface area contributed by atoms with Crippen molar-refractivity contribution >= 4 is 15.8 Å². The first kappa shape index (κ1) is 15.4. The predicted molar refractivity (Wildman–Crippen MR) is 67.1 cm³/mol. The lowest BCUT2D eigenvalue weighted by Gasteiger charge is -2.31. The Hall–Kier alpha value is -0.660. The molecule has 6 nitrogen and oxygen atoms in total. The highest BCUT2D eigenvalue weighted by atomic mass is 32.2. The van der Waals surface area contributed by atoms with Crippen molar-refractivity contribution in [1.82, 2.24) is 4.90 Å². The molecule has 0 N–H and O–H groups in total. The molecule has 0 saturated carbocycles. The molecule has 0 spiro atoms. The number of hydrogen-bond donors (Lipinski definition) is 0. The number of methoxy groups -OCH3 is 1. The molecule has 0 amide bonds. The Labute approximate surface area is 108 Å². The van der Waals surface area contributed by atoms with Gasteiger partial charge in [-0.05, 0) is 19.4 Å². The van der Waals surface area contributed by atoms with E-state index in [1.165, 1.54) is 13.4 Å². The summed E-state index contributed by atoms with van der Waals surface area (Å²) in [7, 11) is -1.53. The monoisotopic (exact) mass is 279 g/mol. The van der Waals surface area contributed by atoms with Gasteiger partial charge in [-0.3, -0.25) is 4.90 Å². The van der Waals surface area contributed by atoms with E-state index in [2.05, 4.69) is 9.64 Å². The van der Waals surface area contributed by atoms with Crippen molar-refractivity contribution in [2.45, 2.75) is 18.9 Å². The molecule has 18 heavy (non-hydrogen) atoms. The zero-order valence-electron chi connectivity index (χ0n) is 10.9. The lowest BCUT2D eigenvalue weighted by atomic mass is 10.2. The van der Waals surface area contributed by atoms with Crippen LogP contribution in [-0.2, 0) is 24.1 Å². The summed E-state index contributed by atoms with van der Waals surface area (Å²) in [5.74, 6) is -0.131. The first-order valence-electron chi connectivity index (χ1n) is 6.02. The Balaban J connectivity index is 2.24. The van der Waals surface area contributed by atoms with Gasteiger partial charge in [0.05, 0.1) is 13.7 Å². The van der Waals surface area contributed by atoms with Crippen molar-refractivity contribution in [2.24, 2.45) is 0 Å². The van der Waals surface area contributed by atoms with Crippen molar-refractivity contribution in [3.8, 4) is 0 Å². The van der Waals surface area contributed by atoms with Crippen molar-refractivity contribution in [2.75, 3.05) is 45.4 Å². The fourth-order valence-corrected chi connectivity index (χ4v) is 2.61. The van der Waals surface area contributed by atoms with E-state index in [9.17, 15) is 13.2 Å². The molecule has 0 aromatic rings. The Morgan fingerprint density at radius 1 is 1.44 bits per heavy atom. The van der Waals surface area contributed by atoms with Crippen molar-refractivity contribution in [1.29, 1.82) is 0 Å². The second-order valence-corrected chi connectivity index (χ2v) is 6.78. The molecule has 1 saturated heterocycles. The fraction of sp³-hybridized carbons (Fsp3) is 0.909. The van der Waals surface area contributed by atoms with E-state index in [0.717, 1.165) is 19.5 Å². The molecule has 1 unspecified atom stereocenters. The minimum absolute atomic E-state index is 0.220. The van der Waals surface area contributed by atoms with E-state index in [1.54, 1.807) is 0 Å². The van der Waals surface area contributed by atoms with E-state index in [-0.39, 0.29) is 11.7 Å². The maximum atomic E-state index is 11.3. The van der Waals surface area contributed by atoms with Crippen LogP contribution in [0.5, 0.6) is 0 Å². The number of esters is 1. The van der Waals surface area contributed by atoms with Gasteiger partial charge in [-0.1, -0.05) is 0 Å². The van der Waals surface area contributed by atoms with E-state index < -0.39 is 15.9 Å². The van der Waals surface area contributed by atoms with Crippen molar-refractivity contribution in [3.05, 3.63) is 0 Å². The van der Waals surface area contributed by atoms with Gasteiger partial charge in [-0.15, -0.1) is 0 Å². The van der Waals surface area contributed by atoms with Crippen molar-refractivity contribution in [3.63, 3.8) is 0 Å². The van der Waals surface area contributed by atoms with Crippen LogP contribution in [-0.4, -0.2) is 70.8 Å². The molecule has 106 valence electrons. The highest BCUT2D eigenvalue weighted by molar-refractivity contribution is 7.90. The Morgan fingerprint density at radius 3 is 2.78 bits per heavy atom. The number of rotatable bonds is 6. The van der Waals surface area contributed by atoms with Crippen LogP contribution in [0, 0.1) is 0 Å². The molecule has 0 bridgehead atoms. The average molecular weight is 279 g/mol. The third-order valence-electron chi connectivity index (χ3n) is 2.85. The summed E-state index contributed by atoms with van der Waals surface area (Å²) in [5, 5.41) is 0. The summed E-state index contributed by atoms with van der Waals surface area (Å²) in [5.41, 5.74) is 0. The molecule has 1 rings (SSSR count). The fourth-order valence-electron chi connectivity index (χ4n) is 1.88. The second kappa shape index (κ2) is 7.06. The van der Waals surface area contributed by atoms with Gasteiger partial charge < -0.3 is 9.47 Å². The van der Waals surface area contributed by atoms with Crippen LogP contribution in [0.15, 0.2) is 0 Å². The molecular weight excluding hydrogens is 258 g/mol. The summed E-state index contributed by atoms with van der Waals surface area (Å²) in [6, 6.07) is 0. The lowest BCUT2D eigenvalue weighted by Crippen LogP contribution is -2.46. The van der Waals surface area contributed by atoms with Crippen LogP contribution in [0.25, 0.3) is 0 Å². The molecule has 7 heteroatoms. The van der Waals surface area contributed by atoms with Crippen molar-refractivity contribution < 1.29 is 22.7 Å². The van der Waals surface area contributed by atoms with Crippen LogP contribution in [0.4, 0.5) is 0 Å². The summed E-state index contributed by atoms with van der Waals surface area (Å²) >= 11 is 0. The van der Waals surface area contributed by atoms with Gasteiger partial charge in [0.25, 0.3) is 0 Å². The lowest BCUT2D eigenvalue weighted by molar-refractivity contribution is -0.159. The minimum atomic E-state index is -2.87. The Bertz CT molecular complexity index is 368. The number of carbonyl (C=O) groups is 1. The molecule has 1 heterocycles. The molecule has 0 radical (unpaired) electrons. The maximum Gasteiger partial charge on any atom is 0.336 e. The minimum Gasteiger partial charge on any atom is -0.467 e. The van der Waals surface area contributed by atoms with E-state index in [0.29, 0.717) is 19.6 Å². The van der Waals surface area contributed by atoms with Crippen LogP contribution < -0.4 is 0 Å². The normalized spacial score (nSPS) is 21.8. The summed E-state index contributed by atoms with van der Waals surface area (Å²) in [6.07, 6.45) is 2.19. The third kappa shape index (κ3) is 5.79. The topological polar surface area (TPSA) is 72.9 Å². The van der Waals surface area contributed by atoms with Gasteiger partial charge in [0.2, 0.25) is 0 Å². The zero-order valence-corrected chi connectivity index (χ0v) is 11.7. The van der Waals surface area contributed by atoms with Gasteiger partial charge in [0, 0.05) is 25.1 Å². The molecule has 1 fully saturated rings. The van der Waals surface area contributed by atoms with Gasteiger partial charge in [0.1, 0.15) is 9.84 Å². The third-order valence-corrected chi connectivity index (χ3v) is 3.88. The van der Waals surface area contributed by atoms with Crippen LogP contribution in [0.3, 0.4) is 0 Å².